The third kappa shape index (κ3) is 4.43. The molecule has 1 aromatic carbocycles. The molecule has 5 heteroatoms. The minimum Gasteiger partial charge on any atom is -0.490 e. The maximum atomic E-state index is 5.87. The van der Waals surface area contributed by atoms with Crippen LogP contribution in [0, 0.1) is 0 Å². The number of benzene rings is 1. The van der Waals surface area contributed by atoms with Gasteiger partial charge in [-0.3, -0.25) is 0 Å². The van der Waals surface area contributed by atoms with Crippen LogP contribution in [0.5, 0.6) is 17.4 Å². The molecule has 1 aromatic heterocycles. The standard InChI is InChI=1S/C16H19BrN2O2/c1-4-9-20-12-7-5-6-8-13(12)21-15-10-14(17)18-16(19-15)11(2)3/h5-8,10-11H,4,9H2,1-3H3. The van der Waals surface area contributed by atoms with Gasteiger partial charge in [-0.05, 0) is 34.5 Å². The Morgan fingerprint density at radius 3 is 2.52 bits per heavy atom. The van der Waals surface area contributed by atoms with E-state index in [1.165, 1.54) is 0 Å². The number of hydrogen-bond acceptors (Lipinski definition) is 4. The normalized spacial score (nSPS) is 10.7. The average Bonchev–Trinajstić information content (AvgIpc) is 2.45. The Balaban J connectivity index is 2.25. The lowest BCUT2D eigenvalue weighted by molar-refractivity contribution is 0.300. The van der Waals surface area contributed by atoms with Crippen molar-refractivity contribution in [2.45, 2.75) is 33.1 Å². The third-order valence-corrected chi connectivity index (χ3v) is 3.14. The minimum atomic E-state index is 0.233. The second-order valence-electron chi connectivity index (χ2n) is 4.94. The molecule has 0 unspecified atom stereocenters. The van der Waals surface area contributed by atoms with E-state index in [0.717, 1.165) is 18.0 Å². The molecule has 112 valence electrons. The van der Waals surface area contributed by atoms with Gasteiger partial charge < -0.3 is 9.47 Å². The fourth-order valence-electron chi connectivity index (χ4n) is 1.70. The van der Waals surface area contributed by atoms with Crippen molar-refractivity contribution in [2.24, 2.45) is 0 Å². The van der Waals surface area contributed by atoms with Crippen molar-refractivity contribution in [2.75, 3.05) is 6.61 Å². The summed E-state index contributed by atoms with van der Waals surface area (Å²) in [6.07, 6.45) is 0.949. The van der Waals surface area contributed by atoms with E-state index >= 15 is 0 Å². The Labute approximate surface area is 133 Å². The van der Waals surface area contributed by atoms with Gasteiger partial charge in [0.25, 0.3) is 0 Å². The zero-order chi connectivity index (χ0) is 15.2. The molecule has 0 saturated heterocycles. The summed E-state index contributed by atoms with van der Waals surface area (Å²) in [5, 5.41) is 0. The van der Waals surface area contributed by atoms with E-state index in [-0.39, 0.29) is 5.92 Å². The van der Waals surface area contributed by atoms with Crippen LogP contribution >= 0.6 is 15.9 Å². The molecular weight excluding hydrogens is 332 g/mol. The quantitative estimate of drug-likeness (QED) is 0.691. The Hall–Kier alpha value is -1.62. The highest BCUT2D eigenvalue weighted by molar-refractivity contribution is 9.10. The van der Waals surface area contributed by atoms with Crippen molar-refractivity contribution >= 4 is 15.9 Å². The zero-order valence-electron chi connectivity index (χ0n) is 12.5. The van der Waals surface area contributed by atoms with Crippen molar-refractivity contribution in [3.63, 3.8) is 0 Å². The van der Waals surface area contributed by atoms with Gasteiger partial charge >= 0.3 is 0 Å². The summed E-state index contributed by atoms with van der Waals surface area (Å²) >= 11 is 3.39. The van der Waals surface area contributed by atoms with Gasteiger partial charge in [0, 0.05) is 12.0 Å². The number of rotatable bonds is 6. The number of halogens is 1. The van der Waals surface area contributed by atoms with Gasteiger partial charge in [-0.1, -0.05) is 32.9 Å². The molecule has 0 spiro atoms. The maximum Gasteiger partial charge on any atom is 0.223 e. The van der Waals surface area contributed by atoms with Crippen LogP contribution in [0.3, 0.4) is 0 Å². The van der Waals surface area contributed by atoms with Crippen molar-refractivity contribution < 1.29 is 9.47 Å². The Morgan fingerprint density at radius 1 is 1.14 bits per heavy atom. The molecule has 0 radical (unpaired) electrons. The van der Waals surface area contributed by atoms with E-state index in [9.17, 15) is 0 Å². The van der Waals surface area contributed by atoms with Crippen LogP contribution in [-0.4, -0.2) is 16.6 Å². The summed E-state index contributed by atoms with van der Waals surface area (Å²) in [6, 6.07) is 9.35. The van der Waals surface area contributed by atoms with Crippen LogP contribution < -0.4 is 9.47 Å². The largest absolute Gasteiger partial charge is 0.490 e. The molecule has 0 atom stereocenters. The lowest BCUT2D eigenvalue weighted by atomic mass is 10.2. The first-order valence-electron chi connectivity index (χ1n) is 7.04. The molecule has 0 N–H and O–H groups in total. The first-order chi connectivity index (χ1) is 10.1. The van der Waals surface area contributed by atoms with E-state index in [1.807, 2.05) is 38.1 Å². The molecule has 0 saturated carbocycles. The van der Waals surface area contributed by atoms with E-state index < -0.39 is 0 Å². The van der Waals surface area contributed by atoms with Crippen LogP contribution in [0.1, 0.15) is 38.9 Å². The molecule has 0 bridgehead atoms. The maximum absolute atomic E-state index is 5.87. The highest BCUT2D eigenvalue weighted by Gasteiger charge is 2.11. The van der Waals surface area contributed by atoms with Crippen LogP contribution in [0.2, 0.25) is 0 Å². The molecule has 0 aliphatic heterocycles. The monoisotopic (exact) mass is 350 g/mol. The molecule has 0 fully saturated rings. The number of ether oxygens (including phenoxy) is 2. The van der Waals surface area contributed by atoms with E-state index in [0.29, 0.717) is 22.8 Å². The molecule has 0 aliphatic carbocycles. The van der Waals surface area contributed by atoms with Crippen molar-refractivity contribution in [3.05, 3.63) is 40.8 Å². The molecule has 2 aromatic rings. The predicted molar refractivity (Wildman–Crippen MR) is 86.1 cm³/mol. The third-order valence-electron chi connectivity index (χ3n) is 2.73. The zero-order valence-corrected chi connectivity index (χ0v) is 14.1. The number of aromatic nitrogens is 2. The summed E-state index contributed by atoms with van der Waals surface area (Å²) in [5.41, 5.74) is 0. The number of para-hydroxylation sites is 2. The topological polar surface area (TPSA) is 44.2 Å². The first kappa shape index (κ1) is 15.8. The van der Waals surface area contributed by atoms with Crippen LogP contribution in [0.4, 0.5) is 0 Å². The highest BCUT2D eigenvalue weighted by atomic mass is 79.9. The molecule has 21 heavy (non-hydrogen) atoms. The van der Waals surface area contributed by atoms with Crippen molar-refractivity contribution in [1.29, 1.82) is 0 Å². The molecule has 0 aliphatic rings. The van der Waals surface area contributed by atoms with Gasteiger partial charge in [-0.15, -0.1) is 0 Å². The fraction of sp³-hybridized carbons (Fsp3) is 0.375. The summed E-state index contributed by atoms with van der Waals surface area (Å²) in [7, 11) is 0. The van der Waals surface area contributed by atoms with E-state index in [2.05, 4.69) is 32.8 Å². The number of hydrogen-bond donors (Lipinski definition) is 0. The Bertz CT molecular complexity index is 603. The van der Waals surface area contributed by atoms with Gasteiger partial charge in [0.1, 0.15) is 10.4 Å². The second-order valence-corrected chi connectivity index (χ2v) is 5.75. The Kier molecular flexibility index (Phi) is 5.56. The lowest BCUT2D eigenvalue weighted by Crippen LogP contribution is -2.01. The molecule has 1 heterocycles. The van der Waals surface area contributed by atoms with E-state index in [1.54, 1.807) is 6.07 Å². The highest BCUT2D eigenvalue weighted by Crippen LogP contribution is 2.31. The Morgan fingerprint density at radius 2 is 1.86 bits per heavy atom. The van der Waals surface area contributed by atoms with Crippen LogP contribution in [-0.2, 0) is 0 Å². The fourth-order valence-corrected chi connectivity index (χ4v) is 2.08. The minimum absolute atomic E-state index is 0.233. The van der Waals surface area contributed by atoms with Gasteiger partial charge in [0.2, 0.25) is 5.88 Å². The van der Waals surface area contributed by atoms with E-state index in [4.69, 9.17) is 9.47 Å². The summed E-state index contributed by atoms with van der Waals surface area (Å²) in [4.78, 5) is 8.77. The molecule has 4 nitrogen and oxygen atoms in total. The van der Waals surface area contributed by atoms with Gasteiger partial charge in [0.15, 0.2) is 11.5 Å². The predicted octanol–water partition coefficient (Wildman–Crippen LogP) is 4.94. The molecule has 2 rings (SSSR count). The van der Waals surface area contributed by atoms with Gasteiger partial charge in [-0.2, -0.15) is 4.98 Å². The van der Waals surface area contributed by atoms with Gasteiger partial charge in [-0.25, -0.2) is 4.98 Å². The first-order valence-corrected chi connectivity index (χ1v) is 7.83. The van der Waals surface area contributed by atoms with Crippen molar-refractivity contribution in [1.82, 2.24) is 9.97 Å². The van der Waals surface area contributed by atoms with Crippen LogP contribution in [0.15, 0.2) is 34.9 Å². The SMILES string of the molecule is CCCOc1ccccc1Oc1cc(Br)nc(C(C)C)n1. The summed E-state index contributed by atoms with van der Waals surface area (Å²) < 4.78 is 12.3. The molecule has 0 amide bonds. The van der Waals surface area contributed by atoms with Crippen molar-refractivity contribution in [3.8, 4) is 17.4 Å². The molecular formula is C16H19BrN2O2. The average molecular weight is 351 g/mol. The smallest absolute Gasteiger partial charge is 0.223 e. The summed E-state index contributed by atoms with van der Waals surface area (Å²) in [6.45, 7) is 6.82. The van der Waals surface area contributed by atoms with Crippen LogP contribution in [0.25, 0.3) is 0 Å². The second kappa shape index (κ2) is 7.41. The summed E-state index contributed by atoms with van der Waals surface area (Å²) in [5.74, 6) is 2.86. The lowest BCUT2D eigenvalue weighted by Gasteiger charge is -2.12. The van der Waals surface area contributed by atoms with Gasteiger partial charge in [0.05, 0.1) is 6.61 Å². The number of nitrogens with zero attached hydrogens (tertiary/aromatic N) is 2.